The van der Waals surface area contributed by atoms with Crippen molar-refractivity contribution in [2.45, 2.75) is 6.04 Å². The average molecular weight is 147 g/mol. The lowest BCUT2D eigenvalue weighted by Crippen LogP contribution is -2.41. The summed E-state index contributed by atoms with van der Waals surface area (Å²) in [6.07, 6.45) is 0. The van der Waals surface area contributed by atoms with E-state index >= 15 is 0 Å². The Hall–Kier alpha value is -0.220. The predicted molar refractivity (Wildman–Crippen MR) is 40.2 cm³/mol. The second kappa shape index (κ2) is 4.64. The van der Waals surface area contributed by atoms with Crippen LogP contribution in [0, 0.1) is 6.92 Å². The van der Waals surface area contributed by atoms with E-state index in [1.165, 1.54) is 0 Å². The molecule has 0 aromatic carbocycles. The first-order valence-corrected chi connectivity index (χ1v) is 3.29. The standard InChI is InChI=1S/C5H11N2OS/c1-2-7-5(8)4(6)3-9/h4,9H,1-3,6H2,(H,7,8). The zero-order valence-corrected chi connectivity index (χ0v) is 6.03. The summed E-state index contributed by atoms with van der Waals surface area (Å²) in [5.74, 6) is 0.172. The second-order valence-electron chi connectivity index (χ2n) is 1.58. The summed E-state index contributed by atoms with van der Waals surface area (Å²) in [6.45, 7) is 3.81. The molecule has 53 valence electrons. The van der Waals surface area contributed by atoms with Gasteiger partial charge in [-0.05, 0) is 6.92 Å². The lowest BCUT2D eigenvalue weighted by molar-refractivity contribution is -0.121. The van der Waals surface area contributed by atoms with Crippen LogP contribution in [0.25, 0.3) is 0 Å². The summed E-state index contributed by atoms with van der Waals surface area (Å²) in [6, 6.07) is -0.505. The van der Waals surface area contributed by atoms with Gasteiger partial charge in [0.05, 0.1) is 6.04 Å². The van der Waals surface area contributed by atoms with E-state index < -0.39 is 6.04 Å². The van der Waals surface area contributed by atoms with Gasteiger partial charge in [0.25, 0.3) is 0 Å². The highest BCUT2D eigenvalue weighted by Crippen LogP contribution is 1.81. The van der Waals surface area contributed by atoms with Crippen molar-refractivity contribution >= 4 is 18.5 Å². The quantitative estimate of drug-likeness (QED) is 0.457. The van der Waals surface area contributed by atoms with Gasteiger partial charge in [0.1, 0.15) is 0 Å². The summed E-state index contributed by atoms with van der Waals surface area (Å²) in [7, 11) is 0. The minimum Gasteiger partial charge on any atom is -0.355 e. The van der Waals surface area contributed by atoms with Crippen LogP contribution in [0.15, 0.2) is 0 Å². The highest BCUT2D eigenvalue weighted by molar-refractivity contribution is 7.80. The summed E-state index contributed by atoms with van der Waals surface area (Å²) in [5, 5.41) is 2.47. The van der Waals surface area contributed by atoms with Gasteiger partial charge in [0, 0.05) is 12.3 Å². The van der Waals surface area contributed by atoms with Crippen molar-refractivity contribution in [3.05, 3.63) is 6.92 Å². The molecule has 1 atom stereocenters. The van der Waals surface area contributed by atoms with E-state index in [4.69, 9.17) is 5.73 Å². The monoisotopic (exact) mass is 147 g/mol. The maximum Gasteiger partial charge on any atom is 0.237 e. The Bertz CT molecular complexity index is 97.0. The Morgan fingerprint density at radius 2 is 2.44 bits per heavy atom. The van der Waals surface area contributed by atoms with Crippen LogP contribution in [0.5, 0.6) is 0 Å². The van der Waals surface area contributed by atoms with Crippen LogP contribution in [-0.2, 0) is 4.79 Å². The van der Waals surface area contributed by atoms with Gasteiger partial charge in [-0.1, -0.05) is 0 Å². The van der Waals surface area contributed by atoms with Crippen LogP contribution < -0.4 is 11.1 Å². The van der Waals surface area contributed by atoms with Crippen LogP contribution >= 0.6 is 12.6 Å². The third-order valence-electron chi connectivity index (χ3n) is 0.833. The zero-order valence-electron chi connectivity index (χ0n) is 5.13. The van der Waals surface area contributed by atoms with Crippen LogP contribution in [0.4, 0.5) is 0 Å². The fourth-order valence-electron chi connectivity index (χ4n) is 0.337. The van der Waals surface area contributed by atoms with Crippen molar-refractivity contribution in [1.29, 1.82) is 0 Å². The highest BCUT2D eigenvalue weighted by atomic mass is 32.1. The fourth-order valence-corrected chi connectivity index (χ4v) is 0.503. The van der Waals surface area contributed by atoms with Crippen LogP contribution in [0.3, 0.4) is 0 Å². The summed E-state index contributed by atoms with van der Waals surface area (Å²) in [5.41, 5.74) is 5.29. The highest BCUT2D eigenvalue weighted by Gasteiger charge is 2.08. The van der Waals surface area contributed by atoms with Gasteiger partial charge in [-0.3, -0.25) is 4.79 Å². The Morgan fingerprint density at radius 1 is 1.89 bits per heavy atom. The fraction of sp³-hybridized carbons (Fsp3) is 0.600. The Labute approximate surface area is 60.4 Å². The lowest BCUT2D eigenvalue weighted by Gasteiger charge is -2.06. The molecular weight excluding hydrogens is 136 g/mol. The molecule has 0 bridgehead atoms. The van der Waals surface area contributed by atoms with E-state index in [2.05, 4.69) is 24.9 Å². The average Bonchev–Trinajstić information content (AvgIpc) is 1.87. The van der Waals surface area contributed by atoms with Crippen molar-refractivity contribution in [2.24, 2.45) is 5.73 Å². The van der Waals surface area contributed by atoms with Gasteiger partial charge in [0.2, 0.25) is 5.91 Å². The Balaban J connectivity index is 3.46. The van der Waals surface area contributed by atoms with E-state index in [0.717, 1.165) is 0 Å². The van der Waals surface area contributed by atoms with E-state index in [1.54, 1.807) is 0 Å². The van der Waals surface area contributed by atoms with Crippen molar-refractivity contribution in [3.8, 4) is 0 Å². The maximum absolute atomic E-state index is 10.6. The van der Waals surface area contributed by atoms with Gasteiger partial charge in [-0.2, -0.15) is 12.6 Å². The molecule has 3 nitrogen and oxygen atoms in total. The van der Waals surface area contributed by atoms with E-state index in [-0.39, 0.29) is 5.91 Å². The number of thiol groups is 1. The Kier molecular flexibility index (Phi) is 4.53. The van der Waals surface area contributed by atoms with Crippen molar-refractivity contribution in [1.82, 2.24) is 5.32 Å². The molecule has 0 aliphatic rings. The third-order valence-corrected chi connectivity index (χ3v) is 1.23. The normalized spacial score (nSPS) is 12.8. The number of hydrogen-bond donors (Lipinski definition) is 3. The van der Waals surface area contributed by atoms with E-state index in [0.29, 0.717) is 12.3 Å². The van der Waals surface area contributed by atoms with Gasteiger partial charge < -0.3 is 11.1 Å². The molecule has 9 heavy (non-hydrogen) atoms. The van der Waals surface area contributed by atoms with Gasteiger partial charge >= 0.3 is 0 Å². The number of nitrogens with one attached hydrogen (secondary N) is 1. The van der Waals surface area contributed by atoms with Gasteiger partial charge in [0.15, 0.2) is 0 Å². The minimum absolute atomic E-state index is 0.194. The first-order valence-electron chi connectivity index (χ1n) is 2.65. The molecule has 3 N–H and O–H groups in total. The van der Waals surface area contributed by atoms with Crippen LogP contribution in [-0.4, -0.2) is 24.2 Å². The molecular formula is C5H11N2OS. The molecule has 4 heteroatoms. The molecule has 0 aliphatic heterocycles. The molecule has 1 unspecified atom stereocenters. The Morgan fingerprint density at radius 3 is 2.78 bits per heavy atom. The number of rotatable bonds is 3. The lowest BCUT2D eigenvalue weighted by atomic mass is 10.3. The number of nitrogens with two attached hydrogens (primary N) is 1. The SMILES string of the molecule is [CH2]CNC(=O)C(N)CS. The molecule has 0 rings (SSSR count). The molecule has 0 spiro atoms. The maximum atomic E-state index is 10.6. The molecule has 0 saturated heterocycles. The zero-order chi connectivity index (χ0) is 7.28. The van der Waals surface area contributed by atoms with Crippen molar-refractivity contribution < 1.29 is 4.79 Å². The minimum atomic E-state index is -0.505. The van der Waals surface area contributed by atoms with E-state index in [1.807, 2.05) is 0 Å². The van der Waals surface area contributed by atoms with Crippen LogP contribution in [0.2, 0.25) is 0 Å². The molecule has 0 aromatic heterocycles. The number of carbonyl (C=O) groups is 1. The first kappa shape index (κ1) is 8.78. The number of carbonyl (C=O) groups excluding carboxylic acids is 1. The first-order chi connectivity index (χ1) is 4.22. The number of hydrogen-bond acceptors (Lipinski definition) is 3. The van der Waals surface area contributed by atoms with Gasteiger partial charge in [-0.25, -0.2) is 0 Å². The molecule has 1 amide bonds. The summed E-state index contributed by atoms with van der Waals surface area (Å²) in [4.78, 5) is 10.6. The molecule has 0 heterocycles. The molecule has 0 saturated carbocycles. The van der Waals surface area contributed by atoms with Crippen LogP contribution in [0.1, 0.15) is 0 Å². The second-order valence-corrected chi connectivity index (χ2v) is 1.95. The number of amides is 1. The van der Waals surface area contributed by atoms with E-state index in [9.17, 15) is 4.79 Å². The largest absolute Gasteiger partial charge is 0.355 e. The topological polar surface area (TPSA) is 55.1 Å². The van der Waals surface area contributed by atoms with Crippen molar-refractivity contribution in [2.75, 3.05) is 12.3 Å². The molecule has 0 aliphatic carbocycles. The third kappa shape index (κ3) is 3.37. The molecule has 0 fully saturated rings. The summed E-state index contributed by atoms with van der Waals surface area (Å²) < 4.78 is 0. The molecule has 0 aromatic rings. The smallest absolute Gasteiger partial charge is 0.237 e. The van der Waals surface area contributed by atoms with Crippen molar-refractivity contribution in [3.63, 3.8) is 0 Å². The van der Waals surface area contributed by atoms with Gasteiger partial charge in [-0.15, -0.1) is 0 Å². The predicted octanol–water partition coefficient (Wildman–Crippen LogP) is -0.806. The summed E-state index contributed by atoms with van der Waals surface area (Å²) >= 11 is 3.84. The molecule has 1 radical (unpaired) electrons.